The third-order valence-electron chi connectivity index (χ3n) is 4.42. The molecule has 1 aromatic rings. The van der Waals surface area contributed by atoms with E-state index in [4.69, 9.17) is 11.6 Å². The van der Waals surface area contributed by atoms with Crippen LogP contribution >= 0.6 is 11.6 Å². The summed E-state index contributed by atoms with van der Waals surface area (Å²) in [5.41, 5.74) is 0.857. The molecule has 1 aromatic carbocycles. The smallest absolute Gasteiger partial charge is 0.123 e. The molecule has 4 heteroatoms. The Bertz CT molecular complexity index is 452. The molecule has 0 radical (unpaired) electrons. The van der Waals surface area contributed by atoms with Gasteiger partial charge in [-0.2, -0.15) is 0 Å². The average Bonchev–Trinajstić information content (AvgIpc) is 2.83. The summed E-state index contributed by atoms with van der Waals surface area (Å²) in [5.74, 6) is -0.216. The zero-order chi connectivity index (χ0) is 13.2. The van der Waals surface area contributed by atoms with Gasteiger partial charge in [0.05, 0.1) is 0 Å². The third-order valence-corrected chi connectivity index (χ3v) is 4.79. The number of fused-ring (bicyclic) bond motifs is 1. The van der Waals surface area contributed by atoms with Crippen molar-refractivity contribution < 1.29 is 4.39 Å². The number of nitrogens with one attached hydrogen (secondary N) is 1. The number of halogens is 2. The van der Waals surface area contributed by atoms with E-state index in [1.165, 1.54) is 50.9 Å². The Hall–Kier alpha value is -0.640. The second-order valence-corrected chi connectivity index (χ2v) is 6.02. The van der Waals surface area contributed by atoms with Crippen molar-refractivity contribution in [1.82, 2.24) is 10.2 Å². The van der Waals surface area contributed by atoms with E-state index in [0.29, 0.717) is 23.7 Å². The van der Waals surface area contributed by atoms with Crippen molar-refractivity contribution in [3.63, 3.8) is 0 Å². The van der Waals surface area contributed by atoms with Crippen molar-refractivity contribution in [2.45, 2.75) is 44.3 Å². The highest BCUT2D eigenvalue weighted by atomic mass is 35.5. The SMILES string of the molecule is Fc1ccc(Cl)c(CNC2CCN3CCCCC23)c1. The van der Waals surface area contributed by atoms with Crippen molar-refractivity contribution >= 4 is 11.6 Å². The van der Waals surface area contributed by atoms with Gasteiger partial charge in [0, 0.05) is 30.2 Å². The molecule has 0 amide bonds. The van der Waals surface area contributed by atoms with Crippen LogP contribution in [-0.2, 0) is 6.54 Å². The molecule has 3 rings (SSSR count). The lowest BCUT2D eigenvalue weighted by Gasteiger charge is -2.32. The number of nitrogens with zero attached hydrogens (tertiary/aromatic N) is 1. The van der Waals surface area contributed by atoms with Gasteiger partial charge in [0.25, 0.3) is 0 Å². The zero-order valence-electron chi connectivity index (χ0n) is 11.0. The highest BCUT2D eigenvalue weighted by molar-refractivity contribution is 6.31. The Morgan fingerprint density at radius 3 is 3.05 bits per heavy atom. The molecule has 2 unspecified atom stereocenters. The van der Waals surface area contributed by atoms with E-state index in [-0.39, 0.29) is 5.82 Å². The highest BCUT2D eigenvalue weighted by Gasteiger charge is 2.34. The molecule has 2 heterocycles. The van der Waals surface area contributed by atoms with Gasteiger partial charge in [-0.05, 0) is 49.6 Å². The van der Waals surface area contributed by atoms with E-state index in [1.54, 1.807) is 6.07 Å². The number of hydrogen-bond acceptors (Lipinski definition) is 2. The van der Waals surface area contributed by atoms with Crippen LogP contribution in [0.15, 0.2) is 18.2 Å². The van der Waals surface area contributed by atoms with E-state index in [1.807, 2.05) is 0 Å². The molecule has 2 atom stereocenters. The summed E-state index contributed by atoms with van der Waals surface area (Å²) in [6.07, 6.45) is 5.14. The van der Waals surface area contributed by atoms with Crippen LogP contribution in [0.1, 0.15) is 31.2 Å². The first kappa shape index (κ1) is 13.3. The molecule has 0 saturated carbocycles. The molecule has 2 saturated heterocycles. The maximum atomic E-state index is 13.2. The maximum absolute atomic E-state index is 13.2. The molecule has 2 aliphatic rings. The van der Waals surface area contributed by atoms with E-state index in [2.05, 4.69) is 10.2 Å². The van der Waals surface area contributed by atoms with Gasteiger partial charge in [-0.3, -0.25) is 4.90 Å². The van der Waals surface area contributed by atoms with Crippen molar-refractivity contribution in [1.29, 1.82) is 0 Å². The summed E-state index contributed by atoms with van der Waals surface area (Å²) in [4.78, 5) is 2.59. The molecule has 2 nitrogen and oxygen atoms in total. The maximum Gasteiger partial charge on any atom is 0.123 e. The fourth-order valence-corrected chi connectivity index (χ4v) is 3.59. The molecule has 2 aliphatic heterocycles. The van der Waals surface area contributed by atoms with Crippen LogP contribution in [0.2, 0.25) is 5.02 Å². The van der Waals surface area contributed by atoms with E-state index < -0.39 is 0 Å². The Morgan fingerprint density at radius 1 is 1.26 bits per heavy atom. The number of hydrogen-bond donors (Lipinski definition) is 1. The van der Waals surface area contributed by atoms with E-state index in [9.17, 15) is 4.39 Å². The Balaban J connectivity index is 1.61. The minimum absolute atomic E-state index is 0.216. The Labute approximate surface area is 118 Å². The lowest BCUT2D eigenvalue weighted by atomic mass is 9.99. The third kappa shape index (κ3) is 2.93. The second-order valence-electron chi connectivity index (χ2n) is 5.61. The van der Waals surface area contributed by atoms with Gasteiger partial charge in [-0.15, -0.1) is 0 Å². The highest BCUT2D eigenvalue weighted by Crippen LogP contribution is 2.27. The first-order chi connectivity index (χ1) is 9.24. The second kappa shape index (κ2) is 5.78. The van der Waals surface area contributed by atoms with Crippen molar-refractivity contribution in [3.8, 4) is 0 Å². The van der Waals surface area contributed by atoms with Crippen molar-refractivity contribution in [2.75, 3.05) is 13.1 Å². The van der Waals surface area contributed by atoms with Gasteiger partial charge < -0.3 is 5.32 Å². The normalized spacial score (nSPS) is 27.5. The van der Waals surface area contributed by atoms with E-state index >= 15 is 0 Å². The molecule has 2 fully saturated rings. The molecule has 0 spiro atoms. The van der Waals surface area contributed by atoms with Crippen molar-refractivity contribution in [3.05, 3.63) is 34.6 Å². The zero-order valence-corrected chi connectivity index (χ0v) is 11.8. The largest absolute Gasteiger partial charge is 0.308 e. The van der Waals surface area contributed by atoms with Crippen LogP contribution in [0.3, 0.4) is 0 Å². The summed E-state index contributed by atoms with van der Waals surface area (Å²) >= 11 is 6.10. The summed E-state index contributed by atoms with van der Waals surface area (Å²) in [6, 6.07) is 5.77. The van der Waals surface area contributed by atoms with Gasteiger partial charge in [-0.1, -0.05) is 18.0 Å². The summed E-state index contributed by atoms with van der Waals surface area (Å²) in [7, 11) is 0. The topological polar surface area (TPSA) is 15.3 Å². The first-order valence-corrected chi connectivity index (χ1v) is 7.53. The summed E-state index contributed by atoms with van der Waals surface area (Å²) < 4.78 is 13.2. The molecule has 0 bridgehead atoms. The van der Waals surface area contributed by atoms with Gasteiger partial charge in [0.2, 0.25) is 0 Å². The number of rotatable bonds is 3. The van der Waals surface area contributed by atoms with Crippen molar-refractivity contribution in [2.24, 2.45) is 0 Å². The summed E-state index contributed by atoms with van der Waals surface area (Å²) in [6.45, 7) is 3.09. The lowest BCUT2D eigenvalue weighted by molar-refractivity contribution is 0.180. The van der Waals surface area contributed by atoms with Gasteiger partial charge in [0.1, 0.15) is 5.82 Å². The molecule has 19 heavy (non-hydrogen) atoms. The first-order valence-electron chi connectivity index (χ1n) is 7.15. The average molecular weight is 283 g/mol. The quantitative estimate of drug-likeness (QED) is 0.916. The molecular formula is C15H20ClFN2. The molecule has 1 N–H and O–H groups in total. The predicted molar refractivity (Wildman–Crippen MR) is 75.9 cm³/mol. The minimum Gasteiger partial charge on any atom is -0.308 e. The Kier molecular flexibility index (Phi) is 4.06. The number of piperidine rings is 1. The van der Waals surface area contributed by atoms with Gasteiger partial charge in [0.15, 0.2) is 0 Å². The fraction of sp³-hybridized carbons (Fsp3) is 0.600. The lowest BCUT2D eigenvalue weighted by Crippen LogP contribution is -2.44. The molecule has 0 aliphatic carbocycles. The molecule has 0 aromatic heterocycles. The fourth-order valence-electron chi connectivity index (χ4n) is 3.41. The molecular weight excluding hydrogens is 263 g/mol. The van der Waals surface area contributed by atoms with Gasteiger partial charge >= 0.3 is 0 Å². The number of benzene rings is 1. The van der Waals surface area contributed by atoms with Crippen LogP contribution in [0.4, 0.5) is 4.39 Å². The van der Waals surface area contributed by atoms with Crippen LogP contribution in [0.5, 0.6) is 0 Å². The standard InChI is InChI=1S/C15H20ClFN2/c16-13-5-4-12(17)9-11(13)10-18-14-6-8-19-7-2-1-3-15(14)19/h4-5,9,14-15,18H,1-3,6-8,10H2. The van der Waals surface area contributed by atoms with Crippen LogP contribution in [-0.4, -0.2) is 30.1 Å². The van der Waals surface area contributed by atoms with Crippen LogP contribution in [0.25, 0.3) is 0 Å². The minimum atomic E-state index is -0.216. The monoisotopic (exact) mass is 282 g/mol. The molecule has 104 valence electrons. The van der Waals surface area contributed by atoms with E-state index in [0.717, 1.165) is 5.56 Å². The summed E-state index contributed by atoms with van der Waals surface area (Å²) in [5, 5.41) is 4.22. The predicted octanol–water partition coefficient (Wildman–Crippen LogP) is 3.20. The Morgan fingerprint density at radius 2 is 2.16 bits per heavy atom. The van der Waals surface area contributed by atoms with Crippen LogP contribution in [0, 0.1) is 5.82 Å². The van der Waals surface area contributed by atoms with Crippen LogP contribution < -0.4 is 5.32 Å². The van der Waals surface area contributed by atoms with Gasteiger partial charge in [-0.25, -0.2) is 4.39 Å².